The summed E-state index contributed by atoms with van der Waals surface area (Å²) in [6, 6.07) is 0. The Morgan fingerprint density at radius 3 is 2.46 bits per heavy atom. The second-order valence-electron chi connectivity index (χ2n) is 6.95. The molecule has 1 saturated carbocycles. The Balaban J connectivity index is 1.98. The van der Waals surface area contributed by atoms with Crippen molar-refractivity contribution in [2.45, 2.75) is 52.4 Å². The van der Waals surface area contributed by atoms with Gasteiger partial charge in [-0.3, -0.25) is 9.79 Å². The van der Waals surface area contributed by atoms with Crippen LogP contribution < -0.4 is 16.0 Å². The van der Waals surface area contributed by atoms with Crippen LogP contribution in [0, 0.1) is 11.8 Å². The Kier molecular flexibility index (Phi) is 11.3. The second kappa shape index (κ2) is 13.0. The summed E-state index contributed by atoms with van der Waals surface area (Å²) in [7, 11) is 1.75. The Morgan fingerprint density at radius 1 is 1.12 bits per heavy atom. The molecule has 140 valence electrons. The van der Waals surface area contributed by atoms with Crippen LogP contribution in [-0.4, -0.2) is 51.8 Å². The van der Waals surface area contributed by atoms with E-state index in [2.05, 4.69) is 34.8 Å². The van der Waals surface area contributed by atoms with Crippen LogP contribution in [-0.2, 0) is 9.53 Å². The van der Waals surface area contributed by atoms with Crippen LogP contribution in [0.15, 0.2) is 4.99 Å². The third-order valence-electron chi connectivity index (χ3n) is 4.12. The van der Waals surface area contributed by atoms with Crippen LogP contribution in [0.5, 0.6) is 0 Å². The van der Waals surface area contributed by atoms with E-state index in [1.54, 1.807) is 7.05 Å². The number of ether oxygens (including phenoxy) is 1. The van der Waals surface area contributed by atoms with E-state index in [1.807, 2.05) is 0 Å². The molecule has 0 heterocycles. The predicted octanol–water partition coefficient (Wildman–Crippen LogP) is 1.91. The van der Waals surface area contributed by atoms with Gasteiger partial charge in [-0.05, 0) is 31.1 Å². The number of carbonyl (C=O) groups excluding carboxylic acids is 1. The van der Waals surface area contributed by atoms with Crippen molar-refractivity contribution in [1.29, 1.82) is 0 Å². The molecule has 0 saturated heterocycles. The number of aliphatic imine (C=N–C) groups is 1. The summed E-state index contributed by atoms with van der Waals surface area (Å²) < 4.78 is 5.54. The Labute approximate surface area is 147 Å². The molecule has 1 aliphatic carbocycles. The van der Waals surface area contributed by atoms with E-state index < -0.39 is 0 Å². The molecule has 6 heteroatoms. The standard InChI is InChI=1S/C18H36N4O2/c1-15(2)14-24-12-6-9-21-18(19-3)22-11-10-20-17(23)13-16-7-4-5-8-16/h15-16H,4-14H2,1-3H3,(H,20,23)(H2,19,21,22). The van der Waals surface area contributed by atoms with Crippen LogP contribution in [0.4, 0.5) is 0 Å². The van der Waals surface area contributed by atoms with Crippen molar-refractivity contribution in [3.05, 3.63) is 0 Å². The van der Waals surface area contributed by atoms with Gasteiger partial charge in [0, 0.05) is 46.3 Å². The van der Waals surface area contributed by atoms with Crippen molar-refractivity contribution in [2.75, 3.05) is 39.9 Å². The molecular formula is C18H36N4O2. The molecule has 3 N–H and O–H groups in total. The molecule has 6 nitrogen and oxygen atoms in total. The van der Waals surface area contributed by atoms with Crippen molar-refractivity contribution in [3.63, 3.8) is 0 Å². The van der Waals surface area contributed by atoms with Crippen molar-refractivity contribution in [1.82, 2.24) is 16.0 Å². The molecule has 0 spiro atoms. The van der Waals surface area contributed by atoms with Crippen molar-refractivity contribution in [2.24, 2.45) is 16.8 Å². The lowest BCUT2D eigenvalue weighted by atomic mass is 10.0. The molecule has 0 aromatic carbocycles. The van der Waals surface area contributed by atoms with E-state index in [0.29, 0.717) is 31.3 Å². The monoisotopic (exact) mass is 340 g/mol. The summed E-state index contributed by atoms with van der Waals surface area (Å²) in [5.41, 5.74) is 0. The van der Waals surface area contributed by atoms with Crippen LogP contribution in [0.3, 0.4) is 0 Å². The lowest BCUT2D eigenvalue weighted by molar-refractivity contribution is -0.121. The van der Waals surface area contributed by atoms with E-state index in [-0.39, 0.29) is 5.91 Å². The smallest absolute Gasteiger partial charge is 0.220 e. The Hall–Kier alpha value is -1.30. The van der Waals surface area contributed by atoms with Gasteiger partial charge in [0.25, 0.3) is 0 Å². The summed E-state index contributed by atoms with van der Waals surface area (Å²) in [6.07, 6.45) is 6.62. The molecule has 0 bridgehead atoms. The normalized spacial score (nSPS) is 15.8. The van der Waals surface area contributed by atoms with Crippen LogP contribution in [0.25, 0.3) is 0 Å². The molecule has 0 radical (unpaired) electrons. The lowest BCUT2D eigenvalue weighted by Gasteiger charge is -2.13. The van der Waals surface area contributed by atoms with Gasteiger partial charge in [0.2, 0.25) is 5.91 Å². The largest absolute Gasteiger partial charge is 0.381 e. The zero-order valence-corrected chi connectivity index (χ0v) is 15.7. The van der Waals surface area contributed by atoms with E-state index in [1.165, 1.54) is 25.7 Å². The van der Waals surface area contributed by atoms with Gasteiger partial charge in [-0.25, -0.2) is 0 Å². The third-order valence-corrected chi connectivity index (χ3v) is 4.12. The quantitative estimate of drug-likeness (QED) is 0.305. The number of rotatable bonds is 11. The van der Waals surface area contributed by atoms with Gasteiger partial charge in [-0.1, -0.05) is 26.7 Å². The molecule has 0 unspecified atom stereocenters. The first-order valence-corrected chi connectivity index (χ1v) is 9.40. The van der Waals surface area contributed by atoms with Crippen molar-refractivity contribution in [3.8, 4) is 0 Å². The highest BCUT2D eigenvalue weighted by atomic mass is 16.5. The van der Waals surface area contributed by atoms with Gasteiger partial charge in [0.05, 0.1) is 0 Å². The van der Waals surface area contributed by atoms with E-state index in [4.69, 9.17) is 4.74 Å². The molecule has 0 aromatic rings. The molecule has 0 atom stereocenters. The molecule has 1 aliphatic rings. The maximum Gasteiger partial charge on any atom is 0.220 e. The lowest BCUT2D eigenvalue weighted by Crippen LogP contribution is -2.42. The molecule has 24 heavy (non-hydrogen) atoms. The maximum absolute atomic E-state index is 11.8. The minimum atomic E-state index is 0.175. The van der Waals surface area contributed by atoms with Gasteiger partial charge >= 0.3 is 0 Å². The number of hydrogen-bond acceptors (Lipinski definition) is 3. The Bertz CT molecular complexity index is 366. The highest BCUT2D eigenvalue weighted by Gasteiger charge is 2.17. The first-order chi connectivity index (χ1) is 11.6. The number of nitrogens with one attached hydrogen (secondary N) is 3. The number of carbonyl (C=O) groups is 1. The molecule has 1 rings (SSSR count). The highest BCUT2D eigenvalue weighted by molar-refractivity contribution is 5.79. The second-order valence-corrected chi connectivity index (χ2v) is 6.95. The van der Waals surface area contributed by atoms with Crippen molar-refractivity contribution < 1.29 is 9.53 Å². The molecular weight excluding hydrogens is 304 g/mol. The molecule has 0 aromatic heterocycles. The number of nitrogens with zero attached hydrogens (tertiary/aromatic N) is 1. The Morgan fingerprint density at radius 2 is 1.79 bits per heavy atom. The average Bonchev–Trinajstić information content (AvgIpc) is 3.05. The average molecular weight is 341 g/mol. The van der Waals surface area contributed by atoms with Gasteiger partial charge < -0.3 is 20.7 Å². The first kappa shape index (κ1) is 20.7. The fourth-order valence-electron chi connectivity index (χ4n) is 2.85. The van der Waals surface area contributed by atoms with Gasteiger partial charge in [-0.15, -0.1) is 0 Å². The van der Waals surface area contributed by atoms with E-state index in [9.17, 15) is 4.79 Å². The molecule has 1 fully saturated rings. The van der Waals surface area contributed by atoms with E-state index in [0.717, 1.165) is 32.1 Å². The minimum absolute atomic E-state index is 0.175. The summed E-state index contributed by atoms with van der Waals surface area (Å²) in [4.78, 5) is 16.0. The van der Waals surface area contributed by atoms with E-state index >= 15 is 0 Å². The maximum atomic E-state index is 11.8. The predicted molar refractivity (Wildman–Crippen MR) is 99.2 cm³/mol. The fourth-order valence-corrected chi connectivity index (χ4v) is 2.85. The van der Waals surface area contributed by atoms with Crippen LogP contribution >= 0.6 is 0 Å². The summed E-state index contributed by atoms with van der Waals surface area (Å²) in [5.74, 6) is 2.12. The SMILES string of the molecule is CN=C(NCCCOCC(C)C)NCCNC(=O)CC1CCCC1. The molecule has 0 aliphatic heterocycles. The van der Waals surface area contributed by atoms with Crippen LogP contribution in [0.2, 0.25) is 0 Å². The third kappa shape index (κ3) is 10.5. The molecule has 1 amide bonds. The van der Waals surface area contributed by atoms with Crippen molar-refractivity contribution >= 4 is 11.9 Å². The summed E-state index contributed by atoms with van der Waals surface area (Å²) in [5, 5.41) is 9.44. The summed E-state index contributed by atoms with van der Waals surface area (Å²) in [6.45, 7) is 8.01. The number of hydrogen-bond donors (Lipinski definition) is 3. The fraction of sp³-hybridized carbons (Fsp3) is 0.889. The van der Waals surface area contributed by atoms with Gasteiger partial charge in [0.15, 0.2) is 5.96 Å². The summed E-state index contributed by atoms with van der Waals surface area (Å²) >= 11 is 0. The van der Waals surface area contributed by atoms with Gasteiger partial charge in [-0.2, -0.15) is 0 Å². The first-order valence-electron chi connectivity index (χ1n) is 9.40. The number of amides is 1. The highest BCUT2D eigenvalue weighted by Crippen LogP contribution is 2.27. The zero-order valence-electron chi connectivity index (χ0n) is 15.7. The zero-order chi connectivity index (χ0) is 17.6. The minimum Gasteiger partial charge on any atom is -0.381 e. The number of guanidine groups is 1. The van der Waals surface area contributed by atoms with Crippen LogP contribution in [0.1, 0.15) is 52.4 Å². The topological polar surface area (TPSA) is 74.8 Å². The van der Waals surface area contributed by atoms with Gasteiger partial charge in [0.1, 0.15) is 0 Å².